The molecule has 0 radical (unpaired) electrons. The van der Waals surface area contributed by atoms with Crippen LogP contribution >= 0.6 is 0 Å². The fraction of sp³-hybridized carbons (Fsp3) is 0.130. The molecule has 1 heterocycles. The van der Waals surface area contributed by atoms with Crippen molar-refractivity contribution in [3.05, 3.63) is 83.4 Å². The van der Waals surface area contributed by atoms with Gasteiger partial charge in [-0.2, -0.15) is 0 Å². The number of aryl methyl sites for hydroxylation is 1. The second kappa shape index (κ2) is 7.46. The third kappa shape index (κ3) is 4.06. The van der Waals surface area contributed by atoms with Crippen molar-refractivity contribution in [3.63, 3.8) is 0 Å². The van der Waals surface area contributed by atoms with Gasteiger partial charge in [-0.15, -0.1) is 0 Å². The fourth-order valence-corrected chi connectivity index (χ4v) is 3.15. The van der Waals surface area contributed by atoms with Gasteiger partial charge in [0.05, 0.1) is 6.54 Å². The lowest BCUT2D eigenvalue weighted by atomic mass is 10.0. The maximum absolute atomic E-state index is 12.2. The number of benzene rings is 3. The first-order valence-electron chi connectivity index (χ1n) is 9.06. The van der Waals surface area contributed by atoms with E-state index in [1.807, 2.05) is 36.4 Å². The molecule has 0 aromatic heterocycles. The average Bonchev–Trinajstić information content (AvgIpc) is 3.22. The molecule has 0 fully saturated rings. The van der Waals surface area contributed by atoms with E-state index in [-0.39, 0.29) is 5.91 Å². The van der Waals surface area contributed by atoms with Gasteiger partial charge in [-0.1, -0.05) is 35.9 Å². The second-order valence-corrected chi connectivity index (χ2v) is 6.67. The number of nitrogens with zero attached hydrogens (tertiary/aromatic N) is 1. The molecule has 4 heteroatoms. The first-order valence-corrected chi connectivity index (χ1v) is 9.06. The lowest BCUT2D eigenvalue weighted by Gasteiger charge is -2.05. The molecule has 1 aliphatic rings. The van der Waals surface area contributed by atoms with Crippen LogP contribution in [0.5, 0.6) is 0 Å². The summed E-state index contributed by atoms with van der Waals surface area (Å²) in [6.07, 6.45) is 3.39. The van der Waals surface area contributed by atoms with E-state index in [4.69, 9.17) is 0 Å². The number of hydrogen-bond donors (Lipinski definition) is 2. The Hall–Kier alpha value is -3.40. The summed E-state index contributed by atoms with van der Waals surface area (Å²) < 4.78 is 0. The van der Waals surface area contributed by atoms with Gasteiger partial charge in [-0.05, 0) is 59.7 Å². The second-order valence-electron chi connectivity index (χ2n) is 6.67. The molecule has 0 aliphatic carbocycles. The maximum atomic E-state index is 12.2. The van der Waals surface area contributed by atoms with E-state index in [0.717, 1.165) is 35.7 Å². The van der Waals surface area contributed by atoms with Crippen LogP contribution in [0.4, 0.5) is 5.69 Å². The Morgan fingerprint density at radius 3 is 2.59 bits per heavy atom. The summed E-state index contributed by atoms with van der Waals surface area (Å²) in [6.45, 7) is 3.78. The van der Waals surface area contributed by atoms with Crippen molar-refractivity contribution in [2.24, 2.45) is 4.99 Å². The molecular formula is C23H21N3O. The summed E-state index contributed by atoms with van der Waals surface area (Å²) in [5.74, 6) is 0.766. The van der Waals surface area contributed by atoms with Gasteiger partial charge >= 0.3 is 0 Å². The van der Waals surface area contributed by atoms with Crippen LogP contribution in [0.1, 0.15) is 16.7 Å². The monoisotopic (exact) mass is 355 g/mol. The largest absolute Gasteiger partial charge is 0.368 e. The van der Waals surface area contributed by atoms with Gasteiger partial charge < -0.3 is 10.6 Å². The Kier molecular flexibility index (Phi) is 4.71. The standard InChI is InChI=1S/C23H21N3O/c1-16-2-5-20-15-17(3-6-19(20)14-16)4-11-22(27)26-21-9-7-18(8-10-21)23-24-12-13-25-23/h2-11,14-15H,12-13H2,1H3,(H,24,25)(H,26,27)/b11-4+. The number of amidine groups is 1. The zero-order valence-electron chi connectivity index (χ0n) is 15.2. The summed E-state index contributed by atoms with van der Waals surface area (Å²) in [6, 6.07) is 20.3. The number of anilines is 1. The van der Waals surface area contributed by atoms with Crippen LogP contribution in [-0.4, -0.2) is 24.8 Å². The molecule has 3 aromatic rings. The molecule has 0 bridgehead atoms. The molecule has 4 nitrogen and oxygen atoms in total. The fourth-order valence-electron chi connectivity index (χ4n) is 3.15. The molecule has 1 aliphatic heterocycles. The average molecular weight is 355 g/mol. The zero-order valence-corrected chi connectivity index (χ0v) is 15.2. The highest BCUT2D eigenvalue weighted by Crippen LogP contribution is 2.18. The molecule has 0 saturated heterocycles. The molecule has 4 rings (SSSR count). The molecule has 2 N–H and O–H groups in total. The summed E-state index contributed by atoms with van der Waals surface area (Å²) in [5.41, 5.74) is 4.04. The van der Waals surface area contributed by atoms with Crippen molar-refractivity contribution in [3.8, 4) is 0 Å². The number of fused-ring (bicyclic) bond motifs is 1. The third-order valence-electron chi connectivity index (χ3n) is 4.55. The van der Waals surface area contributed by atoms with E-state index in [2.05, 4.69) is 52.9 Å². The number of carbonyl (C=O) groups is 1. The van der Waals surface area contributed by atoms with Crippen molar-refractivity contribution < 1.29 is 4.79 Å². The van der Waals surface area contributed by atoms with Gasteiger partial charge in [-0.25, -0.2) is 0 Å². The Balaban J connectivity index is 1.42. The van der Waals surface area contributed by atoms with Crippen LogP contribution in [0.15, 0.2) is 71.7 Å². The van der Waals surface area contributed by atoms with Gasteiger partial charge in [0.2, 0.25) is 5.91 Å². The maximum Gasteiger partial charge on any atom is 0.248 e. The Morgan fingerprint density at radius 1 is 1.04 bits per heavy atom. The van der Waals surface area contributed by atoms with E-state index in [1.165, 1.54) is 16.3 Å². The number of aliphatic imine (C=N–C) groups is 1. The Morgan fingerprint density at radius 2 is 1.81 bits per heavy atom. The van der Waals surface area contributed by atoms with Crippen molar-refractivity contribution in [1.29, 1.82) is 0 Å². The predicted molar refractivity (Wildman–Crippen MR) is 112 cm³/mol. The van der Waals surface area contributed by atoms with Gasteiger partial charge in [0.25, 0.3) is 0 Å². The Labute approximate surface area is 158 Å². The number of rotatable bonds is 4. The van der Waals surface area contributed by atoms with Gasteiger partial charge in [0.15, 0.2) is 0 Å². The highest BCUT2D eigenvalue weighted by Gasteiger charge is 2.07. The minimum absolute atomic E-state index is 0.150. The van der Waals surface area contributed by atoms with Crippen LogP contribution in [0.25, 0.3) is 16.8 Å². The molecule has 27 heavy (non-hydrogen) atoms. The first-order chi connectivity index (χ1) is 13.2. The molecule has 0 saturated carbocycles. The molecular weight excluding hydrogens is 334 g/mol. The smallest absolute Gasteiger partial charge is 0.248 e. The minimum atomic E-state index is -0.150. The minimum Gasteiger partial charge on any atom is -0.368 e. The van der Waals surface area contributed by atoms with Gasteiger partial charge in [-0.3, -0.25) is 9.79 Å². The SMILES string of the molecule is Cc1ccc2cc(/C=C/C(=O)Nc3ccc(C4=NCCN4)cc3)ccc2c1. The first kappa shape index (κ1) is 17.0. The van der Waals surface area contributed by atoms with E-state index in [9.17, 15) is 4.79 Å². The van der Waals surface area contributed by atoms with E-state index in [1.54, 1.807) is 6.08 Å². The van der Waals surface area contributed by atoms with E-state index in [0.29, 0.717) is 0 Å². The van der Waals surface area contributed by atoms with Crippen LogP contribution in [0.2, 0.25) is 0 Å². The van der Waals surface area contributed by atoms with Crippen molar-refractivity contribution >= 4 is 34.3 Å². The van der Waals surface area contributed by atoms with Crippen LogP contribution in [0, 0.1) is 6.92 Å². The van der Waals surface area contributed by atoms with Crippen molar-refractivity contribution in [2.45, 2.75) is 6.92 Å². The zero-order chi connectivity index (χ0) is 18.6. The van der Waals surface area contributed by atoms with Gasteiger partial charge in [0, 0.05) is 23.9 Å². The molecule has 0 spiro atoms. The lowest BCUT2D eigenvalue weighted by molar-refractivity contribution is -0.111. The molecule has 0 atom stereocenters. The van der Waals surface area contributed by atoms with Crippen LogP contribution in [0.3, 0.4) is 0 Å². The highest BCUT2D eigenvalue weighted by atomic mass is 16.1. The Bertz CT molecular complexity index is 1050. The van der Waals surface area contributed by atoms with E-state index >= 15 is 0 Å². The predicted octanol–water partition coefficient (Wildman–Crippen LogP) is 4.15. The number of carbonyl (C=O) groups excluding carboxylic acids is 1. The highest BCUT2D eigenvalue weighted by molar-refractivity contribution is 6.03. The quantitative estimate of drug-likeness (QED) is 0.691. The van der Waals surface area contributed by atoms with Crippen LogP contribution in [-0.2, 0) is 4.79 Å². The molecule has 0 unspecified atom stereocenters. The van der Waals surface area contributed by atoms with Crippen molar-refractivity contribution in [2.75, 3.05) is 18.4 Å². The molecule has 1 amide bonds. The summed E-state index contributed by atoms with van der Waals surface area (Å²) >= 11 is 0. The molecule has 134 valence electrons. The van der Waals surface area contributed by atoms with Crippen LogP contribution < -0.4 is 10.6 Å². The number of hydrogen-bond acceptors (Lipinski definition) is 3. The lowest BCUT2D eigenvalue weighted by Crippen LogP contribution is -2.19. The van der Waals surface area contributed by atoms with E-state index < -0.39 is 0 Å². The summed E-state index contributed by atoms with van der Waals surface area (Å²) in [4.78, 5) is 16.6. The molecule has 3 aromatic carbocycles. The number of amides is 1. The third-order valence-corrected chi connectivity index (χ3v) is 4.55. The normalized spacial score (nSPS) is 13.6. The van der Waals surface area contributed by atoms with Gasteiger partial charge in [0.1, 0.15) is 5.84 Å². The topological polar surface area (TPSA) is 53.5 Å². The van der Waals surface area contributed by atoms with Crippen molar-refractivity contribution in [1.82, 2.24) is 5.32 Å². The summed E-state index contributed by atoms with van der Waals surface area (Å²) in [5, 5.41) is 8.50. The number of nitrogens with one attached hydrogen (secondary N) is 2. The summed E-state index contributed by atoms with van der Waals surface area (Å²) in [7, 11) is 0.